The number of likely N-dealkylation sites (N-methyl/N-ethyl adjacent to an activating group) is 1. The molecule has 2 amide bonds. The molecule has 6 nitrogen and oxygen atoms in total. The van der Waals surface area contributed by atoms with E-state index in [1.165, 1.54) is 0 Å². The number of hydrogen-bond donors (Lipinski definition) is 0. The SMILES string of the molecule is CCOC(=O)N1CCCC(C(=O)N(C)CCc2ccccn2)C1. The van der Waals surface area contributed by atoms with Gasteiger partial charge in [0, 0.05) is 45.0 Å². The minimum atomic E-state index is -0.318. The summed E-state index contributed by atoms with van der Waals surface area (Å²) in [5, 5.41) is 0. The Bertz CT molecular complexity index is 521. The second-order valence-electron chi connectivity index (χ2n) is 5.81. The number of ether oxygens (including phenoxy) is 1. The second-order valence-corrected chi connectivity index (χ2v) is 5.81. The maximum atomic E-state index is 12.6. The van der Waals surface area contributed by atoms with Crippen LogP contribution in [0, 0.1) is 5.92 Å². The summed E-state index contributed by atoms with van der Waals surface area (Å²) < 4.78 is 5.03. The number of nitrogens with zero attached hydrogens (tertiary/aromatic N) is 3. The fourth-order valence-electron chi connectivity index (χ4n) is 2.81. The van der Waals surface area contributed by atoms with E-state index in [0.29, 0.717) is 26.2 Å². The van der Waals surface area contributed by atoms with Crippen molar-refractivity contribution in [2.24, 2.45) is 5.92 Å². The van der Waals surface area contributed by atoms with Crippen molar-refractivity contribution in [1.29, 1.82) is 0 Å². The highest BCUT2D eigenvalue weighted by Gasteiger charge is 2.30. The lowest BCUT2D eigenvalue weighted by Gasteiger charge is -2.33. The van der Waals surface area contributed by atoms with Crippen LogP contribution in [0.5, 0.6) is 0 Å². The Labute approximate surface area is 137 Å². The van der Waals surface area contributed by atoms with Gasteiger partial charge in [0.05, 0.1) is 12.5 Å². The van der Waals surface area contributed by atoms with Crippen molar-refractivity contribution in [3.8, 4) is 0 Å². The third-order valence-electron chi connectivity index (χ3n) is 4.10. The smallest absolute Gasteiger partial charge is 0.409 e. The summed E-state index contributed by atoms with van der Waals surface area (Å²) in [6, 6.07) is 5.79. The van der Waals surface area contributed by atoms with Crippen LogP contribution >= 0.6 is 0 Å². The summed E-state index contributed by atoms with van der Waals surface area (Å²) in [4.78, 5) is 32.0. The van der Waals surface area contributed by atoms with Crippen LogP contribution in [0.2, 0.25) is 0 Å². The zero-order valence-electron chi connectivity index (χ0n) is 13.9. The van der Waals surface area contributed by atoms with Gasteiger partial charge in [-0.15, -0.1) is 0 Å². The molecule has 0 aromatic carbocycles. The molecule has 0 N–H and O–H groups in total. The molecule has 1 fully saturated rings. The zero-order valence-corrected chi connectivity index (χ0v) is 13.9. The van der Waals surface area contributed by atoms with Gasteiger partial charge in [-0.1, -0.05) is 6.07 Å². The third kappa shape index (κ3) is 4.94. The van der Waals surface area contributed by atoms with Crippen molar-refractivity contribution in [1.82, 2.24) is 14.8 Å². The van der Waals surface area contributed by atoms with Crippen molar-refractivity contribution in [2.75, 3.05) is 33.3 Å². The molecular formula is C17H25N3O3. The minimum Gasteiger partial charge on any atom is -0.450 e. The molecule has 1 saturated heterocycles. The van der Waals surface area contributed by atoms with Crippen LogP contribution in [0.3, 0.4) is 0 Å². The molecule has 1 aliphatic heterocycles. The van der Waals surface area contributed by atoms with Crippen LogP contribution in [-0.4, -0.2) is 60.1 Å². The number of pyridine rings is 1. The maximum Gasteiger partial charge on any atom is 0.409 e. The van der Waals surface area contributed by atoms with E-state index < -0.39 is 0 Å². The first-order valence-electron chi connectivity index (χ1n) is 8.18. The van der Waals surface area contributed by atoms with E-state index >= 15 is 0 Å². The third-order valence-corrected chi connectivity index (χ3v) is 4.10. The molecular weight excluding hydrogens is 294 g/mol. The van der Waals surface area contributed by atoms with Gasteiger partial charge in [-0.2, -0.15) is 0 Å². The lowest BCUT2D eigenvalue weighted by atomic mass is 9.97. The number of aromatic nitrogens is 1. The second kappa shape index (κ2) is 8.50. The Balaban J connectivity index is 1.84. The normalized spacial score (nSPS) is 17.7. The molecule has 23 heavy (non-hydrogen) atoms. The van der Waals surface area contributed by atoms with Crippen LogP contribution in [0.15, 0.2) is 24.4 Å². The molecule has 0 saturated carbocycles. The van der Waals surface area contributed by atoms with E-state index in [2.05, 4.69) is 4.98 Å². The molecule has 2 heterocycles. The molecule has 2 rings (SSSR count). The summed E-state index contributed by atoms with van der Waals surface area (Å²) in [7, 11) is 1.81. The number of carbonyl (C=O) groups is 2. The van der Waals surface area contributed by atoms with Crippen molar-refractivity contribution in [2.45, 2.75) is 26.2 Å². The Kier molecular flexibility index (Phi) is 6.38. The van der Waals surface area contributed by atoms with Gasteiger partial charge < -0.3 is 14.5 Å². The first kappa shape index (κ1) is 17.2. The van der Waals surface area contributed by atoms with E-state index in [4.69, 9.17) is 4.74 Å². The highest BCUT2D eigenvalue weighted by Crippen LogP contribution is 2.19. The first-order chi connectivity index (χ1) is 11.1. The number of rotatable bonds is 5. The fraction of sp³-hybridized carbons (Fsp3) is 0.588. The van der Waals surface area contributed by atoms with E-state index in [0.717, 1.165) is 25.0 Å². The van der Waals surface area contributed by atoms with E-state index in [1.54, 1.807) is 22.9 Å². The van der Waals surface area contributed by atoms with Gasteiger partial charge in [0.1, 0.15) is 0 Å². The summed E-state index contributed by atoms with van der Waals surface area (Å²) in [6.07, 6.45) is 3.83. The Morgan fingerprint density at radius 2 is 2.26 bits per heavy atom. The first-order valence-corrected chi connectivity index (χ1v) is 8.18. The fourth-order valence-corrected chi connectivity index (χ4v) is 2.81. The van der Waals surface area contributed by atoms with Gasteiger partial charge >= 0.3 is 6.09 Å². The van der Waals surface area contributed by atoms with Gasteiger partial charge in [-0.25, -0.2) is 4.79 Å². The number of likely N-dealkylation sites (tertiary alicyclic amines) is 1. The highest BCUT2D eigenvalue weighted by molar-refractivity contribution is 5.80. The van der Waals surface area contributed by atoms with E-state index in [9.17, 15) is 9.59 Å². The van der Waals surface area contributed by atoms with Gasteiger partial charge in [0.25, 0.3) is 0 Å². The molecule has 1 atom stereocenters. The van der Waals surface area contributed by atoms with Crippen molar-refractivity contribution >= 4 is 12.0 Å². The van der Waals surface area contributed by atoms with Crippen molar-refractivity contribution < 1.29 is 14.3 Å². The molecule has 6 heteroatoms. The average Bonchev–Trinajstić information content (AvgIpc) is 2.60. The van der Waals surface area contributed by atoms with Gasteiger partial charge in [0.2, 0.25) is 5.91 Å². The van der Waals surface area contributed by atoms with Crippen LogP contribution in [0.1, 0.15) is 25.5 Å². The molecule has 1 aromatic rings. The summed E-state index contributed by atoms with van der Waals surface area (Å²) in [5.74, 6) is -0.0446. The number of piperidine rings is 1. The maximum absolute atomic E-state index is 12.6. The molecule has 0 radical (unpaired) electrons. The molecule has 0 aliphatic carbocycles. The molecule has 1 aliphatic rings. The van der Waals surface area contributed by atoms with E-state index in [1.807, 2.05) is 25.2 Å². The van der Waals surface area contributed by atoms with Crippen LogP contribution in [0.25, 0.3) is 0 Å². The summed E-state index contributed by atoms with van der Waals surface area (Å²) in [5.41, 5.74) is 0.976. The number of amides is 2. The van der Waals surface area contributed by atoms with Crippen LogP contribution in [-0.2, 0) is 16.0 Å². The lowest BCUT2D eigenvalue weighted by molar-refractivity contribution is -0.135. The Morgan fingerprint density at radius 3 is 2.96 bits per heavy atom. The van der Waals surface area contributed by atoms with Gasteiger partial charge in [0.15, 0.2) is 0 Å². The van der Waals surface area contributed by atoms with Crippen molar-refractivity contribution in [3.63, 3.8) is 0 Å². The number of hydrogen-bond acceptors (Lipinski definition) is 4. The summed E-state index contributed by atoms with van der Waals surface area (Å²) >= 11 is 0. The monoisotopic (exact) mass is 319 g/mol. The zero-order chi connectivity index (χ0) is 16.7. The molecule has 1 unspecified atom stereocenters. The van der Waals surface area contributed by atoms with Gasteiger partial charge in [-0.3, -0.25) is 9.78 Å². The average molecular weight is 319 g/mol. The molecule has 1 aromatic heterocycles. The molecule has 126 valence electrons. The minimum absolute atomic E-state index is 0.0925. The predicted molar refractivity (Wildman–Crippen MR) is 86.9 cm³/mol. The standard InChI is InChI=1S/C17H25N3O3/c1-3-23-17(22)20-11-6-7-14(13-20)16(21)19(2)12-9-15-8-4-5-10-18-15/h4-5,8,10,14H,3,6-7,9,11-13H2,1-2H3. The lowest BCUT2D eigenvalue weighted by Crippen LogP contribution is -2.46. The molecule has 0 bridgehead atoms. The summed E-state index contributed by atoms with van der Waals surface area (Å²) in [6.45, 7) is 3.89. The number of carbonyl (C=O) groups excluding carboxylic acids is 2. The van der Waals surface area contributed by atoms with Gasteiger partial charge in [-0.05, 0) is 31.9 Å². The topological polar surface area (TPSA) is 62.7 Å². The Morgan fingerprint density at radius 1 is 1.43 bits per heavy atom. The largest absolute Gasteiger partial charge is 0.450 e. The van der Waals surface area contributed by atoms with Crippen LogP contribution < -0.4 is 0 Å². The van der Waals surface area contributed by atoms with Crippen LogP contribution in [0.4, 0.5) is 4.79 Å². The van der Waals surface area contributed by atoms with E-state index in [-0.39, 0.29) is 17.9 Å². The molecule has 0 spiro atoms. The Hall–Kier alpha value is -2.11. The highest BCUT2D eigenvalue weighted by atomic mass is 16.6. The predicted octanol–water partition coefficient (Wildman–Crippen LogP) is 1.95. The van der Waals surface area contributed by atoms with Crippen molar-refractivity contribution in [3.05, 3.63) is 30.1 Å². The quantitative estimate of drug-likeness (QED) is 0.832.